The third kappa shape index (κ3) is 5.34. The first-order valence-electron chi connectivity index (χ1n) is 2.17. The fourth-order valence-electron chi connectivity index (χ4n) is 0.231. The van der Waals surface area contributed by atoms with Gasteiger partial charge in [0, 0.05) is 0 Å². The molecule has 0 saturated heterocycles. The van der Waals surface area contributed by atoms with Gasteiger partial charge < -0.3 is 14.3 Å². The Kier molecular flexibility index (Phi) is 6.22. The molecule has 0 rings (SSSR count). The van der Waals surface area contributed by atoms with Crippen LogP contribution in [0, 0.1) is 0 Å². The van der Waals surface area contributed by atoms with Crippen molar-refractivity contribution in [1.29, 1.82) is 0 Å². The van der Waals surface area contributed by atoms with Crippen LogP contribution in [0.3, 0.4) is 0 Å². The monoisotopic (exact) mass is 192 g/mol. The summed E-state index contributed by atoms with van der Waals surface area (Å²) in [7, 11) is -2.32. The molecule has 0 aliphatic rings. The fraction of sp³-hybridized carbons (Fsp3) is 1.00. The van der Waals surface area contributed by atoms with Crippen LogP contribution in [-0.4, -0.2) is 27.7 Å². The summed E-state index contributed by atoms with van der Waals surface area (Å²) in [5.41, 5.74) is 0. The van der Waals surface area contributed by atoms with Crippen molar-refractivity contribution in [2.75, 3.05) is 11.8 Å². The number of hydrogen-bond donors (Lipinski definition) is 2. The van der Waals surface area contributed by atoms with Crippen molar-refractivity contribution in [3.05, 3.63) is 0 Å². The van der Waals surface area contributed by atoms with Gasteiger partial charge in [0.2, 0.25) is 0 Å². The van der Waals surface area contributed by atoms with Gasteiger partial charge in [-0.2, -0.15) is 0 Å². The van der Waals surface area contributed by atoms with Gasteiger partial charge in [-0.15, -0.1) is 23.2 Å². The lowest BCUT2D eigenvalue weighted by atomic mass is 10.5. The Hall–Kier alpha value is 0.890. The van der Waals surface area contributed by atoms with Crippen molar-refractivity contribution < 1.29 is 14.3 Å². The predicted molar refractivity (Wildman–Crippen MR) is 37.7 cm³/mol. The minimum atomic E-state index is -2.32. The molecule has 2 N–H and O–H groups in total. The number of alkyl halides is 2. The molecule has 0 saturated carbocycles. The summed E-state index contributed by atoms with van der Waals surface area (Å²) in [4.78, 5) is 16.5. The minimum Gasteiger partial charge on any atom is -0.328 e. The highest BCUT2D eigenvalue weighted by molar-refractivity contribution is 7.39. The first-order chi connectivity index (χ1) is 4.20. The SMILES string of the molecule is OP(O)OC(CCl)CCl. The van der Waals surface area contributed by atoms with Crippen LogP contribution in [0.4, 0.5) is 0 Å². The average molecular weight is 193 g/mol. The second-order valence-electron chi connectivity index (χ2n) is 1.29. The summed E-state index contributed by atoms with van der Waals surface area (Å²) in [5.74, 6) is 0.340. The molecule has 0 unspecified atom stereocenters. The van der Waals surface area contributed by atoms with Crippen LogP contribution in [0.25, 0.3) is 0 Å². The molecule has 0 fully saturated rings. The maximum absolute atomic E-state index is 8.27. The van der Waals surface area contributed by atoms with Crippen molar-refractivity contribution in [3.8, 4) is 0 Å². The fourth-order valence-corrected chi connectivity index (χ4v) is 1.28. The van der Waals surface area contributed by atoms with E-state index in [1.54, 1.807) is 0 Å². The van der Waals surface area contributed by atoms with Crippen LogP contribution in [0.5, 0.6) is 0 Å². The van der Waals surface area contributed by atoms with E-state index in [0.717, 1.165) is 0 Å². The Morgan fingerprint density at radius 1 is 1.33 bits per heavy atom. The van der Waals surface area contributed by atoms with E-state index in [0.29, 0.717) is 0 Å². The van der Waals surface area contributed by atoms with E-state index in [1.165, 1.54) is 0 Å². The Balaban J connectivity index is 3.31. The van der Waals surface area contributed by atoms with Gasteiger partial charge in [0.05, 0.1) is 17.9 Å². The molecule has 0 aliphatic heterocycles. The van der Waals surface area contributed by atoms with E-state index in [9.17, 15) is 0 Å². The van der Waals surface area contributed by atoms with Crippen molar-refractivity contribution in [3.63, 3.8) is 0 Å². The van der Waals surface area contributed by atoms with E-state index in [2.05, 4.69) is 4.52 Å². The largest absolute Gasteiger partial charge is 0.328 e. The summed E-state index contributed by atoms with van der Waals surface area (Å²) in [6.07, 6.45) is -0.463. The zero-order valence-electron chi connectivity index (χ0n) is 4.50. The Morgan fingerprint density at radius 2 is 1.78 bits per heavy atom. The van der Waals surface area contributed by atoms with Gasteiger partial charge in [0.15, 0.2) is 0 Å². The molecule has 0 amide bonds. The second kappa shape index (κ2) is 5.66. The summed E-state index contributed by atoms with van der Waals surface area (Å²) in [6.45, 7) is 0. The molecule has 6 heteroatoms. The second-order valence-corrected chi connectivity index (χ2v) is 2.62. The summed E-state index contributed by atoms with van der Waals surface area (Å²) >= 11 is 10.6. The van der Waals surface area contributed by atoms with E-state index in [1.807, 2.05) is 0 Å². The molecule has 9 heavy (non-hydrogen) atoms. The van der Waals surface area contributed by atoms with E-state index >= 15 is 0 Å². The van der Waals surface area contributed by atoms with Crippen LogP contribution in [0.1, 0.15) is 0 Å². The Bertz CT molecular complexity index is 68.1. The number of halogens is 2. The number of rotatable bonds is 4. The molecule has 0 aromatic rings. The average Bonchev–Trinajstić information content (AvgIpc) is 1.82. The molecule has 0 heterocycles. The summed E-state index contributed by atoms with van der Waals surface area (Å²) in [5, 5.41) is 0. The molecule has 0 bridgehead atoms. The van der Waals surface area contributed by atoms with Crippen LogP contribution >= 0.6 is 31.8 Å². The van der Waals surface area contributed by atoms with Gasteiger partial charge in [0.25, 0.3) is 0 Å². The van der Waals surface area contributed by atoms with Crippen LogP contribution in [-0.2, 0) is 4.52 Å². The zero-order chi connectivity index (χ0) is 7.28. The van der Waals surface area contributed by atoms with Crippen molar-refractivity contribution in [2.45, 2.75) is 6.10 Å². The van der Waals surface area contributed by atoms with Crippen molar-refractivity contribution >= 4 is 31.8 Å². The van der Waals surface area contributed by atoms with Crippen LogP contribution in [0.2, 0.25) is 0 Å². The molecule has 0 aliphatic carbocycles. The molecule has 0 aromatic heterocycles. The van der Waals surface area contributed by atoms with E-state index in [-0.39, 0.29) is 11.8 Å². The summed E-state index contributed by atoms with van der Waals surface area (Å²) < 4.78 is 4.46. The zero-order valence-corrected chi connectivity index (χ0v) is 6.90. The van der Waals surface area contributed by atoms with Gasteiger partial charge in [0.1, 0.15) is 0 Å². The van der Waals surface area contributed by atoms with E-state index in [4.69, 9.17) is 33.0 Å². The quantitative estimate of drug-likeness (QED) is 0.518. The molecule has 0 atom stereocenters. The van der Waals surface area contributed by atoms with Crippen molar-refractivity contribution in [1.82, 2.24) is 0 Å². The predicted octanol–water partition coefficient (Wildman–Crippen LogP) is 1.06. The van der Waals surface area contributed by atoms with E-state index < -0.39 is 14.7 Å². The van der Waals surface area contributed by atoms with Gasteiger partial charge in [-0.3, -0.25) is 0 Å². The van der Waals surface area contributed by atoms with Gasteiger partial charge in [-0.05, 0) is 0 Å². The lowest BCUT2D eigenvalue weighted by Gasteiger charge is -2.10. The highest BCUT2D eigenvalue weighted by Gasteiger charge is 2.10. The Morgan fingerprint density at radius 3 is 1.89 bits per heavy atom. The first kappa shape index (κ1) is 9.89. The maximum Gasteiger partial charge on any atom is 0.327 e. The molecular weight excluding hydrogens is 186 g/mol. The normalized spacial score (nSPS) is 11.3. The topological polar surface area (TPSA) is 49.7 Å². The third-order valence-corrected chi connectivity index (χ3v) is 1.76. The molecular formula is C3H7Cl2O3P. The first-order valence-corrected chi connectivity index (χ1v) is 4.40. The van der Waals surface area contributed by atoms with Crippen molar-refractivity contribution in [2.24, 2.45) is 0 Å². The lowest BCUT2D eigenvalue weighted by molar-refractivity contribution is 0.206. The molecule has 3 nitrogen and oxygen atoms in total. The third-order valence-electron chi connectivity index (χ3n) is 0.588. The molecule has 56 valence electrons. The Labute approximate surface area is 64.5 Å². The molecule has 0 spiro atoms. The molecule has 0 radical (unpaired) electrons. The van der Waals surface area contributed by atoms with Gasteiger partial charge >= 0.3 is 8.60 Å². The highest BCUT2D eigenvalue weighted by Crippen LogP contribution is 2.27. The highest BCUT2D eigenvalue weighted by atomic mass is 35.5. The molecule has 0 aromatic carbocycles. The lowest BCUT2D eigenvalue weighted by Crippen LogP contribution is -2.13. The summed E-state index contributed by atoms with van der Waals surface area (Å²) in [6, 6.07) is 0. The maximum atomic E-state index is 8.27. The van der Waals surface area contributed by atoms with Crippen LogP contribution < -0.4 is 0 Å². The van der Waals surface area contributed by atoms with Crippen LogP contribution in [0.15, 0.2) is 0 Å². The standard InChI is InChI=1S/C3H7Cl2O3P/c4-1-3(2-5)8-9(6)7/h3,6-7H,1-2H2. The van der Waals surface area contributed by atoms with Gasteiger partial charge in [-0.25, -0.2) is 0 Å². The van der Waals surface area contributed by atoms with Gasteiger partial charge in [-0.1, -0.05) is 0 Å². The number of hydrogen-bond acceptors (Lipinski definition) is 3. The smallest absolute Gasteiger partial charge is 0.327 e. The minimum absolute atomic E-state index is 0.170.